The van der Waals surface area contributed by atoms with Crippen molar-refractivity contribution >= 4 is 39.1 Å². The monoisotopic (exact) mass is 738 g/mol. The summed E-state index contributed by atoms with van der Waals surface area (Å²) in [5.41, 5.74) is 3.44. The topological polar surface area (TPSA) is 119 Å². The van der Waals surface area contributed by atoms with E-state index in [0.29, 0.717) is 48.7 Å². The fourth-order valence-electron chi connectivity index (χ4n) is 8.95. The Hall–Kier alpha value is -3.12. The van der Waals surface area contributed by atoms with E-state index < -0.39 is 21.9 Å². The van der Waals surface area contributed by atoms with Gasteiger partial charge in [-0.1, -0.05) is 36.7 Å². The highest BCUT2D eigenvalue weighted by molar-refractivity contribution is 7.92. The molecule has 2 aromatic rings. The van der Waals surface area contributed by atoms with Crippen molar-refractivity contribution in [3.8, 4) is 5.75 Å². The molecule has 0 saturated heterocycles. The van der Waals surface area contributed by atoms with Gasteiger partial charge >= 0.3 is 6.03 Å². The number of hydrogen-bond acceptors (Lipinski definition) is 7. The van der Waals surface area contributed by atoms with Crippen LogP contribution >= 0.6 is 11.6 Å². The van der Waals surface area contributed by atoms with E-state index in [1.54, 1.807) is 20.3 Å². The molecule has 2 aliphatic heterocycles. The number of halogens is 1. The highest BCUT2D eigenvalue weighted by atomic mass is 35.5. The molecule has 3 aliphatic carbocycles. The van der Waals surface area contributed by atoms with E-state index in [2.05, 4.69) is 43.6 Å². The van der Waals surface area contributed by atoms with Gasteiger partial charge in [-0.2, -0.15) is 0 Å². The molecule has 6 atom stereocenters. The second kappa shape index (κ2) is 15.1. The molecular weight excluding hydrogens is 688 g/mol. The second-order valence-electron chi connectivity index (χ2n) is 15.5. The van der Waals surface area contributed by atoms with Gasteiger partial charge in [0.1, 0.15) is 15.7 Å². The molecule has 12 heteroatoms. The SMILES string of the molecule is COCC1CC(NC(=O)NS2(=O)=NC(=O)c3ccc4c(c3)N(C[C@@H]3CC[C@H]3[C@@H](OC)/C=C\C[C@H](C)C2)C[C@@]2(CCCc3cc(Cl)ccc32)CO4)C1. The number of anilines is 1. The lowest BCUT2D eigenvalue weighted by molar-refractivity contribution is 0.0131. The van der Waals surface area contributed by atoms with Crippen molar-refractivity contribution in [1.29, 1.82) is 0 Å². The minimum absolute atomic E-state index is 0.0310. The zero-order valence-corrected chi connectivity index (χ0v) is 31.5. The Balaban J connectivity index is 1.24. The fraction of sp³-hybridized carbons (Fsp3) is 0.590. The highest BCUT2D eigenvalue weighted by Crippen LogP contribution is 2.47. The number of methoxy groups -OCH3 is 2. The average Bonchev–Trinajstić information content (AvgIpc) is 3.21. The predicted molar refractivity (Wildman–Crippen MR) is 200 cm³/mol. The van der Waals surface area contributed by atoms with Gasteiger partial charge in [0.25, 0.3) is 5.91 Å². The van der Waals surface area contributed by atoms with Crippen molar-refractivity contribution in [3.05, 3.63) is 70.3 Å². The number of nitrogens with one attached hydrogen (secondary N) is 2. The van der Waals surface area contributed by atoms with Crippen LogP contribution in [-0.2, 0) is 31.2 Å². The largest absolute Gasteiger partial charge is 0.490 e. The second-order valence-corrected chi connectivity index (χ2v) is 18.0. The van der Waals surface area contributed by atoms with E-state index in [-0.39, 0.29) is 29.2 Å². The number of rotatable bonds is 5. The third-order valence-electron chi connectivity index (χ3n) is 11.7. The number of fused-ring (bicyclic) bond motifs is 4. The Kier molecular flexibility index (Phi) is 10.7. The summed E-state index contributed by atoms with van der Waals surface area (Å²) >= 11 is 6.46. The third kappa shape index (κ3) is 7.82. The first-order valence-corrected chi connectivity index (χ1v) is 20.5. The van der Waals surface area contributed by atoms with E-state index in [4.69, 9.17) is 25.8 Å². The van der Waals surface area contributed by atoms with Gasteiger partial charge in [-0.3, -0.25) is 9.52 Å². The average molecular weight is 739 g/mol. The van der Waals surface area contributed by atoms with E-state index >= 15 is 0 Å². The van der Waals surface area contributed by atoms with Gasteiger partial charge in [0.2, 0.25) is 0 Å². The number of carbonyl (C=O) groups is 2. The Bertz CT molecular complexity index is 1790. The first kappa shape index (κ1) is 36.2. The molecule has 10 nitrogen and oxygen atoms in total. The molecule has 2 fully saturated rings. The molecule has 0 radical (unpaired) electrons. The van der Waals surface area contributed by atoms with Crippen LogP contribution in [0.25, 0.3) is 0 Å². The summed E-state index contributed by atoms with van der Waals surface area (Å²) in [4.78, 5) is 29.5. The molecule has 5 aliphatic rings. The standard InChI is InChI=1S/C39H51ClN4O6S/c1-25-6-4-8-35(49-3)32-12-9-29(32)20-44-23-39(15-5-7-27-18-30(40)11-13-33(27)39)24-50-36-14-10-28(19-34(36)44)37(45)42-51(47,22-25)43-38(46)41-31-16-26(17-31)21-48-2/h4,8,10-11,13-14,18-19,25-26,29,31-32,35H,5-7,9,12,15-17,20-24H2,1-3H3,(H2,41,42,43,45,46,47)/b8-4-/t25-,26?,29-,31?,32+,35-,39-,51?/m0/s1. The van der Waals surface area contributed by atoms with Crippen LogP contribution in [-0.4, -0.2) is 74.6 Å². The highest BCUT2D eigenvalue weighted by Gasteiger charge is 2.44. The summed E-state index contributed by atoms with van der Waals surface area (Å²) < 4.78 is 39.3. The molecule has 7 rings (SSSR count). The number of amides is 3. The normalized spacial score (nSPS) is 34.0. The number of nitrogens with zero attached hydrogens (tertiary/aromatic N) is 2. The van der Waals surface area contributed by atoms with Crippen molar-refractivity contribution in [2.45, 2.75) is 75.9 Å². The van der Waals surface area contributed by atoms with Crippen LogP contribution in [0, 0.1) is 23.7 Å². The first-order valence-electron chi connectivity index (χ1n) is 18.4. The van der Waals surface area contributed by atoms with Gasteiger partial charge in [0.15, 0.2) is 0 Å². The minimum atomic E-state index is -3.48. The van der Waals surface area contributed by atoms with Crippen molar-refractivity contribution in [2.75, 3.05) is 51.2 Å². The van der Waals surface area contributed by atoms with Crippen molar-refractivity contribution in [2.24, 2.45) is 28.0 Å². The van der Waals surface area contributed by atoms with E-state index in [0.717, 1.165) is 68.7 Å². The number of hydrogen-bond donors (Lipinski definition) is 2. The lowest BCUT2D eigenvalue weighted by atomic mass is 9.68. The van der Waals surface area contributed by atoms with Gasteiger partial charge < -0.3 is 24.4 Å². The van der Waals surface area contributed by atoms with Crippen LogP contribution in [0.2, 0.25) is 5.02 Å². The molecule has 51 heavy (non-hydrogen) atoms. The molecule has 1 spiro atoms. The molecule has 1 unspecified atom stereocenters. The summed E-state index contributed by atoms with van der Waals surface area (Å²) in [6.07, 6.45) is 11.5. The number of ether oxygens (including phenoxy) is 3. The zero-order valence-electron chi connectivity index (χ0n) is 29.9. The van der Waals surface area contributed by atoms with Gasteiger partial charge in [0.05, 0.1) is 24.2 Å². The number of urea groups is 1. The Morgan fingerprint density at radius 3 is 2.78 bits per heavy atom. The maximum absolute atomic E-state index is 14.4. The number of carbonyl (C=O) groups excluding carboxylic acids is 2. The molecule has 0 aromatic heterocycles. The van der Waals surface area contributed by atoms with E-state index in [1.165, 1.54) is 11.1 Å². The maximum Gasteiger partial charge on any atom is 0.327 e. The molecule has 2 N–H and O–H groups in total. The van der Waals surface area contributed by atoms with Crippen molar-refractivity contribution in [3.63, 3.8) is 0 Å². The molecule has 2 heterocycles. The van der Waals surface area contributed by atoms with Gasteiger partial charge in [0, 0.05) is 56.0 Å². The molecular formula is C39H51ClN4O6S. The lowest BCUT2D eigenvalue weighted by Crippen LogP contribution is -2.51. The lowest BCUT2D eigenvalue weighted by Gasteiger charge is -2.46. The molecule has 3 amide bonds. The van der Waals surface area contributed by atoms with E-state index in [1.807, 2.05) is 25.1 Å². The summed E-state index contributed by atoms with van der Waals surface area (Å²) in [7, 11) is -0.0407. The number of benzene rings is 2. The molecule has 2 bridgehead atoms. The van der Waals surface area contributed by atoms with Crippen LogP contribution in [0.15, 0.2) is 52.9 Å². The summed E-state index contributed by atoms with van der Waals surface area (Å²) in [5, 5.41) is 3.66. The Labute approximate surface area is 307 Å². The summed E-state index contributed by atoms with van der Waals surface area (Å²) in [6, 6.07) is 11.0. The maximum atomic E-state index is 14.4. The van der Waals surface area contributed by atoms with Gasteiger partial charge in [-0.15, -0.1) is 4.36 Å². The third-order valence-corrected chi connectivity index (χ3v) is 14.0. The van der Waals surface area contributed by atoms with Crippen LogP contribution in [0.3, 0.4) is 0 Å². The van der Waals surface area contributed by atoms with Crippen LogP contribution in [0.5, 0.6) is 5.75 Å². The van der Waals surface area contributed by atoms with Crippen LogP contribution in [0.1, 0.15) is 73.4 Å². The zero-order chi connectivity index (χ0) is 35.8. The molecule has 2 saturated carbocycles. The minimum Gasteiger partial charge on any atom is -0.490 e. The quantitative estimate of drug-likeness (QED) is 0.328. The molecule has 2 aromatic carbocycles. The van der Waals surface area contributed by atoms with Crippen LogP contribution < -0.4 is 19.7 Å². The van der Waals surface area contributed by atoms with E-state index in [9.17, 15) is 13.8 Å². The first-order chi connectivity index (χ1) is 24.6. The van der Waals surface area contributed by atoms with Crippen LogP contribution in [0.4, 0.5) is 10.5 Å². The summed E-state index contributed by atoms with van der Waals surface area (Å²) in [6.45, 7) is 4.63. The van der Waals surface area contributed by atoms with Crippen molar-refractivity contribution < 1.29 is 28.0 Å². The number of aryl methyl sites for hydroxylation is 1. The molecule has 276 valence electrons. The predicted octanol–water partition coefficient (Wildman–Crippen LogP) is 6.70. The number of allylic oxidation sites excluding steroid dienone is 1. The van der Waals surface area contributed by atoms with Gasteiger partial charge in [-0.25, -0.2) is 9.00 Å². The summed E-state index contributed by atoms with van der Waals surface area (Å²) in [5.74, 6) is 1.13. The fourth-order valence-corrected chi connectivity index (χ4v) is 11.0. The smallest absolute Gasteiger partial charge is 0.327 e. The van der Waals surface area contributed by atoms with Crippen molar-refractivity contribution in [1.82, 2.24) is 10.0 Å². The Morgan fingerprint density at radius 2 is 2.02 bits per heavy atom. The van der Waals surface area contributed by atoms with Gasteiger partial charge in [-0.05, 0) is 116 Å². The Morgan fingerprint density at radius 1 is 1.18 bits per heavy atom.